The lowest BCUT2D eigenvalue weighted by Crippen LogP contribution is -2.42. The third-order valence-electron chi connectivity index (χ3n) is 3.22. The Hall–Kier alpha value is -1.87. The van der Waals surface area contributed by atoms with Crippen molar-refractivity contribution in [2.24, 2.45) is 0 Å². The molecule has 8 nitrogen and oxygen atoms in total. The van der Waals surface area contributed by atoms with Crippen LogP contribution in [-0.2, 0) is 14.8 Å². The number of likely N-dealkylation sites (tertiary alicyclic amines) is 1. The van der Waals surface area contributed by atoms with Crippen molar-refractivity contribution in [3.05, 3.63) is 18.0 Å². The van der Waals surface area contributed by atoms with E-state index < -0.39 is 22.0 Å². The average molecular weight is 315 g/mol. The van der Waals surface area contributed by atoms with E-state index in [4.69, 9.17) is 5.11 Å². The minimum absolute atomic E-state index is 0.0239. The standard InChI is InChI=1S/C12H17N3O5S/c1-8(7-15-4-2-3-11(15)16)14-21(19,20)9-5-10(12(17)18)13-6-9/h5-6,8,13-14H,2-4,7H2,1H3,(H,17,18). The molecular formula is C12H17N3O5S. The highest BCUT2D eigenvalue weighted by Gasteiger charge is 2.25. The highest BCUT2D eigenvalue weighted by atomic mass is 32.2. The average Bonchev–Trinajstić information content (AvgIpc) is 2.99. The minimum Gasteiger partial charge on any atom is -0.477 e. The van der Waals surface area contributed by atoms with Crippen molar-refractivity contribution in [3.8, 4) is 0 Å². The van der Waals surface area contributed by atoms with Crippen molar-refractivity contribution < 1.29 is 23.1 Å². The fraction of sp³-hybridized carbons (Fsp3) is 0.500. The second-order valence-corrected chi connectivity index (χ2v) is 6.73. The number of rotatable bonds is 6. The molecule has 3 N–H and O–H groups in total. The molecule has 1 amide bonds. The van der Waals surface area contributed by atoms with Gasteiger partial charge in [-0.25, -0.2) is 17.9 Å². The predicted octanol–water partition coefficient (Wildman–Crippen LogP) is 0.00210. The lowest BCUT2D eigenvalue weighted by Gasteiger charge is -2.21. The number of aromatic amines is 1. The number of aromatic carboxylic acids is 1. The van der Waals surface area contributed by atoms with Crippen molar-refractivity contribution in [2.45, 2.75) is 30.7 Å². The maximum atomic E-state index is 12.1. The molecule has 0 aromatic carbocycles. The van der Waals surface area contributed by atoms with Crippen LogP contribution in [0.2, 0.25) is 0 Å². The second-order valence-electron chi connectivity index (χ2n) is 5.02. The molecule has 1 aromatic rings. The zero-order chi connectivity index (χ0) is 15.6. The van der Waals surface area contributed by atoms with Gasteiger partial charge in [0.25, 0.3) is 0 Å². The monoisotopic (exact) mass is 315 g/mol. The van der Waals surface area contributed by atoms with Crippen LogP contribution in [-0.4, -0.2) is 54.4 Å². The summed E-state index contributed by atoms with van der Waals surface area (Å²) in [6.07, 6.45) is 2.41. The maximum Gasteiger partial charge on any atom is 0.352 e. The van der Waals surface area contributed by atoms with Gasteiger partial charge in [-0.1, -0.05) is 0 Å². The first-order valence-electron chi connectivity index (χ1n) is 6.51. The first kappa shape index (κ1) is 15.5. The van der Waals surface area contributed by atoms with E-state index in [1.54, 1.807) is 11.8 Å². The van der Waals surface area contributed by atoms with Crippen LogP contribution in [0, 0.1) is 0 Å². The molecule has 1 atom stereocenters. The molecule has 0 bridgehead atoms. The number of nitrogens with one attached hydrogen (secondary N) is 2. The van der Waals surface area contributed by atoms with E-state index in [0.717, 1.165) is 18.7 Å². The maximum absolute atomic E-state index is 12.1. The molecule has 116 valence electrons. The van der Waals surface area contributed by atoms with E-state index in [0.29, 0.717) is 19.5 Å². The molecular weight excluding hydrogens is 298 g/mol. The summed E-state index contributed by atoms with van der Waals surface area (Å²) < 4.78 is 26.7. The second kappa shape index (κ2) is 5.86. The molecule has 21 heavy (non-hydrogen) atoms. The smallest absolute Gasteiger partial charge is 0.352 e. The van der Waals surface area contributed by atoms with Crippen molar-refractivity contribution in [2.75, 3.05) is 13.1 Å². The number of amides is 1. The highest BCUT2D eigenvalue weighted by Crippen LogP contribution is 2.13. The molecule has 0 aliphatic carbocycles. The van der Waals surface area contributed by atoms with Crippen LogP contribution in [0.5, 0.6) is 0 Å². The molecule has 1 aromatic heterocycles. The number of aromatic nitrogens is 1. The van der Waals surface area contributed by atoms with Crippen molar-refractivity contribution >= 4 is 21.9 Å². The Bertz CT molecular complexity index is 652. The van der Waals surface area contributed by atoms with E-state index in [2.05, 4.69) is 9.71 Å². The van der Waals surface area contributed by atoms with E-state index >= 15 is 0 Å². The lowest BCUT2D eigenvalue weighted by molar-refractivity contribution is -0.127. The number of carbonyl (C=O) groups excluding carboxylic acids is 1. The summed E-state index contributed by atoms with van der Waals surface area (Å²) in [5, 5.41) is 8.77. The lowest BCUT2D eigenvalue weighted by atomic mass is 10.3. The Morgan fingerprint density at radius 3 is 2.81 bits per heavy atom. The Labute approximate surface area is 122 Å². The van der Waals surface area contributed by atoms with Crippen LogP contribution in [0.15, 0.2) is 17.2 Å². The molecule has 2 rings (SSSR count). The van der Waals surface area contributed by atoms with Gasteiger partial charge in [0.15, 0.2) is 0 Å². The van der Waals surface area contributed by atoms with Gasteiger partial charge in [-0.3, -0.25) is 4.79 Å². The number of carboxylic acids is 1. The molecule has 2 heterocycles. The largest absolute Gasteiger partial charge is 0.477 e. The molecule has 9 heteroatoms. The molecule has 0 spiro atoms. The summed E-state index contributed by atoms with van der Waals surface area (Å²) in [6.45, 7) is 2.60. The van der Waals surface area contributed by atoms with E-state index in [9.17, 15) is 18.0 Å². The molecule has 0 saturated carbocycles. The Balaban J connectivity index is 2.02. The normalized spacial score (nSPS) is 17.2. The fourth-order valence-electron chi connectivity index (χ4n) is 2.25. The summed E-state index contributed by atoms with van der Waals surface area (Å²) in [6, 6.07) is 0.596. The molecule has 0 radical (unpaired) electrons. The highest BCUT2D eigenvalue weighted by molar-refractivity contribution is 7.89. The third-order valence-corrected chi connectivity index (χ3v) is 4.79. The van der Waals surface area contributed by atoms with Gasteiger partial charge in [0.05, 0.1) is 0 Å². The Morgan fingerprint density at radius 1 is 1.57 bits per heavy atom. The van der Waals surface area contributed by atoms with Gasteiger partial charge in [-0.05, 0) is 19.4 Å². The van der Waals surface area contributed by atoms with E-state index in [1.807, 2.05) is 0 Å². The van der Waals surface area contributed by atoms with Gasteiger partial charge in [0.1, 0.15) is 10.6 Å². The topological polar surface area (TPSA) is 120 Å². The molecule has 1 fully saturated rings. The predicted molar refractivity (Wildman–Crippen MR) is 73.3 cm³/mol. The number of hydrogen-bond donors (Lipinski definition) is 3. The SMILES string of the molecule is CC(CN1CCCC1=O)NS(=O)(=O)c1c[nH]c(C(=O)O)c1. The van der Waals surface area contributed by atoms with Gasteiger partial charge in [0.2, 0.25) is 15.9 Å². The van der Waals surface area contributed by atoms with Gasteiger partial charge in [-0.15, -0.1) is 0 Å². The molecule has 1 saturated heterocycles. The number of H-pyrrole nitrogens is 1. The van der Waals surface area contributed by atoms with Gasteiger partial charge in [-0.2, -0.15) is 0 Å². The van der Waals surface area contributed by atoms with Crippen LogP contribution < -0.4 is 4.72 Å². The first-order chi connectivity index (χ1) is 9.79. The van der Waals surface area contributed by atoms with Crippen LogP contribution in [0.1, 0.15) is 30.3 Å². The molecule has 1 aliphatic rings. The number of carbonyl (C=O) groups is 2. The van der Waals surface area contributed by atoms with Gasteiger partial charge in [0, 0.05) is 31.7 Å². The number of nitrogens with zero attached hydrogens (tertiary/aromatic N) is 1. The summed E-state index contributed by atoms with van der Waals surface area (Å²) in [5.74, 6) is -1.21. The van der Waals surface area contributed by atoms with Crippen LogP contribution >= 0.6 is 0 Å². The zero-order valence-electron chi connectivity index (χ0n) is 11.5. The molecule has 1 aliphatic heterocycles. The quantitative estimate of drug-likeness (QED) is 0.682. The van der Waals surface area contributed by atoms with Crippen LogP contribution in [0.25, 0.3) is 0 Å². The Morgan fingerprint density at radius 2 is 2.29 bits per heavy atom. The Kier molecular flexibility index (Phi) is 4.33. The number of sulfonamides is 1. The third kappa shape index (κ3) is 3.61. The van der Waals surface area contributed by atoms with Gasteiger partial charge < -0.3 is 15.0 Å². The van der Waals surface area contributed by atoms with Crippen molar-refractivity contribution in [1.29, 1.82) is 0 Å². The summed E-state index contributed by atoms with van der Waals surface area (Å²) in [5.41, 5.74) is -0.197. The molecule has 1 unspecified atom stereocenters. The van der Waals surface area contributed by atoms with Crippen molar-refractivity contribution in [1.82, 2.24) is 14.6 Å². The van der Waals surface area contributed by atoms with E-state index in [-0.39, 0.29) is 16.5 Å². The van der Waals surface area contributed by atoms with Crippen LogP contribution in [0.4, 0.5) is 0 Å². The number of carboxylic acid groups (broad SMARTS) is 1. The summed E-state index contributed by atoms with van der Waals surface area (Å²) >= 11 is 0. The zero-order valence-corrected chi connectivity index (χ0v) is 12.3. The van der Waals surface area contributed by atoms with Crippen LogP contribution in [0.3, 0.4) is 0 Å². The van der Waals surface area contributed by atoms with Crippen molar-refractivity contribution in [3.63, 3.8) is 0 Å². The minimum atomic E-state index is -3.81. The summed E-state index contributed by atoms with van der Waals surface area (Å²) in [4.78, 5) is 26.1. The number of hydrogen-bond acceptors (Lipinski definition) is 4. The fourth-order valence-corrected chi connectivity index (χ4v) is 3.48. The first-order valence-corrected chi connectivity index (χ1v) is 8.00. The summed E-state index contributed by atoms with van der Waals surface area (Å²) in [7, 11) is -3.81. The van der Waals surface area contributed by atoms with Gasteiger partial charge >= 0.3 is 5.97 Å². The van der Waals surface area contributed by atoms with E-state index in [1.165, 1.54) is 0 Å².